The van der Waals surface area contributed by atoms with Crippen molar-refractivity contribution >= 4 is 32.3 Å². The molecule has 0 radical (unpaired) electrons. The Morgan fingerprint density at radius 1 is 1.24 bits per heavy atom. The molecule has 0 spiro atoms. The lowest BCUT2D eigenvalue weighted by Crippen LogP contribution is -2.42. The summed E-state index contributed by atoms with van der Waals surface area (Å²) < 4.78 is 80.6. The summed E-state index contributed by atoms with van der Waals surface area (Å²) in [6, 6.07) is 4.90. The van der Waals surface area contributed by atoms with E-state index in [0.717, 1.165) is 12.3 Å². The summed E-state index contributed by atoms with van der Waals surface area (Å²) in [6.45, 7) is 2.26. The predicted molar refractivity (Wildman–Crippen MR) is 117 cm³/mol. The maximum absolute atomic E-state index is 14.3. The molecule has 4 rings (SSSR count). The van der Waals surface area contributed by atoms with Gasteiger partial charge < -0.3 is 0 Å². The van der Waals surface area contributed by atoms with Crippen LogP contribution in [-0.2, 0) is 10.0 Å². The van der Waals surface area contributed by atoms with Crippen LogP contribution in [0.4, 0.5) is 17.6 Å². The number of pyridine rings is 1. The van der Waals surface area contributed by atoms with Crippen LogP contribution in [0.1, 0.15) is 18.1 Å². The van der Waals surface area contributed by atoms with Crippen molar-refractivity contribution in [1.29, 1.82) is 5.26 Å². The minimum atomic E-state index is -4.76. The quantitative estimate of drug-likeness (QED) is 0.393. The molecule has 3 aromatic heterocycles. The van der Waals surface area contributed by atoms with Crippen LogP contribution in [0.15, 0.2) is 46.2 Å². The number of benzene rings is 1. The molecule has 1 atom stereocenters. The fourth-order valence-corrected chi connectivity index (χ4v) is 5.06. The second-order valence-corrected chi connectivity index (χ2v) is 9.83. The maximum atomic E-state index is 14.3. The maximum Gasteiger partial charge on any atom is 0.404 e. The summed E-state index contributed by atoms with van der Waals surface area (Å²) in [5.41, 5.74) is 2.90. The number of thiazole rings is 1. The molecule has 0 amide bonds. The molecule has 0 unspecified atom stereocenters. The Labute approximate surface area is 195 Å². The molecule has 0 fully saturated rings. The average molecular weight is 510 g/mol. The van der Waals surface area contributed by atoms with Gasteiger partial charge in [-0.05, 0) is 43.7 Å². The van der Waals surface area contributed by atoms with Gasteiger partial charge in [0.25, 0.3) is 0 Å². The van der Waals surface area contributed by atoms with E-state index in [1.807, 2.05) is 6.07 Å². The Hall–Kier alpha value is -3.34. The number of nitrogens with one attached hydrogen (secondary N) is 1. The minimum absolute atomic E-state index is 0.0915. The Balaban J connectivity index is 1.88. The summed E-state index contributed by atoms with van der Waals surface area (Å²) in [7, 11) is -4.51. The molecule has 4 aromatic rings. The first-order chi connectivity index (χ1) is 15.9. The first-order valence-corrected chi connectivity index (χ1v) is 12.1. The van der Waals surface area contributed by atoms with Crippen molar-refractivity contribution in [2.75, 3.05) is 0 Å². The summed E-state index contributed by atoms with van der Waals surface area (Å²) >= 11 is 1.30. The summed E-state index contributed by atoms with van der Waals surface area (Å²) in [4.78, 5) is 7.90. The monoisotopic (exact) mass is 509 g/mol. The molecule has 0 saturated carbocycles. The molecule has 0 bridgehead atoms. The Morgan fingerprint density at radius 2 is 1.97 bits per heavy atom. The number of alkyl halides is 3. The van der Waals surface area contributed by atoms with E-state index < -0.39 is 33.0 Å². The molecule has 13 heteroatoms. The third-order valence-corrected chi connectivity index (χ3v) is 7.22. The highest BCUT2D eigenvalue weighted by Gasteiger charge is 2.39. The van der Waals surface area contributed by atoms with Crippen molar-refractivity contribution < 1.29 is 26.0 Å². The van der Waals surface area contributed by atoms with Crippen LogP contribution in [0.2, 0.25) is 0 Å². The van der Waals surface area contributed by atoms with Gasteiger partial charge in [0.2, 0.25) is 10.0 Å². The number of nitriles is 1. The van der Waals surface area contributed by atoms with Crippen molar-refractivity contribution in [3.8, 4) is 23.3 Å². The topological polar surface area (TPSA) is 101 Å². The van der Waals surface area contributed by atoms with Gasteiger partial charge in [0, 0.05) is 17.0 Å². The van der Waals surface area contributed by atoms with Crippen LogP contribution in [-0.4, -0.2) is 35.2 Å². The van der Waals surface area contributed by atoms with E-state index in [9.17, 15) is 31.2 Å². The molecule has 0 saturated heterocycles. The number of halogens is 4. The van der Waals surface area contributed by atoms with Gasteiger partial charge in [-0.1, -0.05) is 0 Å². The zero-order valence-electron chi connectivity index (χ0n) is 17.6. The number of fused-ring (bicyclic) bond motifs is 1. The first kappa shape index (κ1) is 23.8. The molecule has 1 N–H and O–H groups in total. The third kappa shape index (κ3) is 4.15. The number of hydrogen-bond acceptors (Lipinski definition) is 6. The third-order valence-electron chi connectivity index (χ3n) is 5.12. The Morgan fingerprint density at radius 3 is 2.53 bits per heavy atom. The second-order valence-electron chi connectivity index (χ2n) is 7.40. The van der Waals surface area contributed by atoms with Crippen molar-refractivity contribution in [3.63, 3.8) is 0 Å². The molecule has 0 aliphatic rings. The Bertz CT molecular complexity index is 1520. The van der Waals surface area contributed by atoms with Crippen LogP contribution < -0.4 is 4.72 Å². The molecule has 1 aromatic carbocycles. The molecule has 7 nitrogen and oxygen atoms in total. The van der Waals surface area contributed by atoms with Gasteiger partial charge >= 0.3 is 6.18 Å². The normalized spacial score (nSPS) is 13.2. The van der Waals surface area contributed by atoms with Crippen molar-refractivity contribution in [2.45, 2.75) is 31.0 Å². The number of nitrogens with zero attached hydrogens (tertiary/aromatic N) is 4. The van der Waals surface area contributed by atoms with Gasteiger partial charge in [-0.3, -0.25) is 9.55 Å². The lowest BCUT2D eigenvalue weighted by molar-refractivity contribution is -0.147. The van der Waals surface area contributed by atoms with Crippen LogP contribution in [0.3, 0.4) is 0 Å². The minimum Gasteiger partial charge on any atom is -0.290 e. The van der Waals surface area contributed by atoms with E-state index in [-0.39, 0.29) is 17.0 Å². The largest absolute Gasteiger partial charge is 0.404 e. The van der Waals surface area contributed by atoms with E-state index >= 15 is 0 Å². The highest BCUT2D eigenvalue weighted by molar-refractivity contribution is 7.89. The van der Waals surface area contributed by atoms with E-state index in [0.29, 0.717) is 29.2 Å². The number of sulfonamides is 1. The molecular weight excluding hydrogens is 494 g/mol. The summed E-state index contributed by atoms with van der Waals surface area (Å²) in [6.07, 6.45) is -3.86. The van der Waals surface area contributed by atoms with Gasteiger partial charge in [0.05, 0.1) is 28.0 Å². The fraction of sp³-hybridized carbons (Fsp3) is 0.190. The average Bonchev–Trinajstić information content (AvgIpc) is 3.39. The van der Waals surface area contributed by atoms with Crippen LogP contribution >= 0.6 is 11.3 Å². The van der Waals surface area contributed by atoms with Crippen LogP contribution in [0, 0.1) is 24.1 Å². The van der Waals surface area contributed by atoms with Crippen molar-refractivity contribution in [1.82, 2.24) is 19.3 Å². The van der Waals surface area contributed by atoms with Crippen molar-refractivity contribution in [3.05, 3.63) is 58.3 Å². The lowest BCUT2D eigenvalue weighted by atomic mass is 10.1. The lowest BCUT2D eigenvalue weighted by Gasteiger charge is -2.17. The van der Waals surface area contributed by atoms with Crippen LogP contribution in [0.25, 0.3) is 28.1 Å². The zero-order chi connectivity index (χ0) is 24.8. The number of rotatable bonds is 5. The van der Waals surface area contributed by atoms with E-state index in [4.69, 9.17) is 0 Å². The van der Waals surface area contributed by atoms with Crippen LogP contribution in [0.5, 0.6) is 0 Å². The van der Waals surface area contributed by atoms with Gasteiger partial charge in [-0.15, -0.1) is 11.3 Å². The number of hydrogen-bond donors (Lipinski definition) is 1. The number of aryl methyl sites for hydroxylation is 1. The molecule has 0 aliphatic heterocycles. The van der Waals surface area contributed by atoms with Gasteiger partial charge in [0.15, 0.2) is 0 Å². The molecule has 3 heterocycles. The van der Waals surface area contributed by atoms with Gasteiger partial charge in [-0.25, -0.2) is 17.8 Å². The molecular formula is C21H15F4N5O2S2. The summed E-state index contributed by atoms with van der Waals surface area (Å²) in [5, 5.41) is 11.9. The Kier molecular flexibility index (Phi) is 5.92. The highest BCUT2D eigenvalue weighted by Crippen LogP contribution is 2.36. The number of aromatic nitrogens is 3. The van der Waals surface area contributed by atoms with E-state index in [2.05, 4.69) is 9.97 Å². The van der Waals surface area contributed by atoms with Gasteiger partial charge in [0.1, 0.15) is 28.6 Å². The SMILES string of the molecule is Cc1cc2c(cc1F)c(C#N)c(-c1ccc(S(=O)(=O)N[C@@H](C)C(F)(F)F)cn1)n2-c1cscn1. The zero-order valence-corrected chi connectivity index (χ0v) is 19.2. The fourth-order valence-electron chi connectivity index (χ4n) is 3.37. The van der Waals surface area contributed by atoms with Crippen molar-refractivity contribution in [2.24, 2.45) is 0 Å². The summed E-state index contributed by atoms with van der Waals surface area (Å²) in [5.74, 6) is -0.0677. The second kappa shape index (κ2) is 8.46. The first-order valence-electron chi connectivity index (χ1n) is 9.62. The van der Waals surface area contributed by atoms with E-state index in [1.165, 1.54) is 23.5 Å². The predicted octanol–water partition coefficient (Wildman–Crippen LogP) is 4.70. The molecule has 176 valence electrons. The smallest absolute Gasteiger partial charge is 0.290 e. The van der Waals surface area contributed by atoms with E-state index in [1.54, 1.807) is 33.2 Å². The molecule has 34 heavy (non-hydrogen) atoms. The highest BCUT2D eigenvalue weighted by atomic mass is 32.2. The molecule has 0 aliphatic carbocycles. The van der Waals surface area contributed by atoms with Gasteiger partial charge in [-0.2, -0.15) is 23.2 Å². The standard InChI is InChI=1S/C21H15F4N5O2S2/c1-11-5-18-14(6-16(11)22)15(7-26)20(30(18)19-9-33-10-28-19)17-4-3-13(8-27-17)34(31,32)29-12(2)21(23,24)25/h3-6,8-10,12,29H,1-2H3/t12-/m0/s1.